The molecule has 4 heterocycles. The summed E-state index contributed by atoms with van der Waals surface area (Å²) in [5.41, 5.74) is 3.47. The molecule has 3 aromatic rings. The number of imidazole rings is 1. The molecular weight excluding hydrogens is 372 g/mol. The minimum atomic E-state index is -1.32. The molecule has 1 atom stereocenters. The quantitative estimate of drug-likeness (QED) is 0.723. The summed E-state index contributed by atoms with van der Waals surface area (Å²) < 4.78 is 23.6. The smallest absolute Gasteiger partial charge is 0.226 e. The highest BCUT2D eigenvalue weighted by atomic mass is 32.2. The molecule has 1 aliphatic heterocycles. The van der Waals surface area contributed by atoms with Crippen molar-refractivity contribution in [1.29, 1.82) is 0 Å². The summed E-state index contributed by atoms with van der Waals surface area (Å²) in [5, 5.41) is 0.452. The molecule has 1 unspecified atom stereocenters. The molecule has 1 N–H and O–H groups in total. The Balaban J connectivity index is 1.58. The second kappa shape index (κ2) is 6.81. The van der Waals surface area contributed by atoms with Gasteiger partial charge in [-0.15, -0.1) is 11.3 Å². The molecule has 0 aliphatic carbocycles. The van der Waals surface area contributed by atoms with Gasteiger partial charge in [-0.2, -0.15) is 0 Å². The average molecular weight is 390 g/mol. The number of hydrogen-bond donors (Lipinski definition) is 1. The van der Waals surface area contributed by atoms with Crippen molar-refractivity contribution < 1.29 is 13.7 Å². The number of methoxy groups -OCH3 is 1. The second-order valence-corrected chi connectivity index (χ2v) is 8.34. The minimum Gasteiger partial charge on any atom is -0.496 e. The highest BCUT2D eigenvalue weighted by Crippen LogP contribution is 2.28. The van der Waals surface area contributed by atoms with Crippen LogP contribution in [0.4, 0.5) is 0 Å². The van der Waals surface area contributed by atoms with Gasteiger partial charge < -0.3 is 14.5 Å². The van der Waals surface area contributed by atoms with Crippen LogP contribution in [-0.2, 0) is 21.3 Å². The van der Waals surface area contributed by atoms with Crippen LogP contribution < -0.4 is 4.74 Å². The first-order valence-corrected chi connectivity index (χ1v) is 10.2. The van der Waals surface area contributed by atoms with Crippen molar-refractivity contribution in [3.63, 3.8) is 0 Å². The van der Waals surface area contributed by atoms with Crippen LogP contribution in [-0.4, -0.2) is 45.3 Å². The SMILES string of the molecule is COc1c(C)cnc(CS(=O)c2nc3sc(C4=NCCO4)cc3[nH]2)c1C. The Hall–Kier alpha value is -2.26. The van der Waals surface area contributed by atoms with Crippen LogP contribution in [0.2, 0.25) is 0 Å². The summed E-state index contributed by atoms with van der Waals surface area (Å²) >= 11 is 1.48. The van der Waals surface area contributed by atoms with E-state index in [4.69, 9.17) is 9.47 Å². The third kappa shape index (κ3) is 3.01. The van der Waals surface area contributed by atoms with Crippen molar-refractivity contribution >= 4 is 38.4 Å². The molecule has 0 bridgehead atoms. The lowest BCUT2D eigenvalue weighted by Crippen LogP contribution is -2.05. The van der Waals surface area contributed by atoms with Gasteiger partial charge in [-0.3, -0.25) is 9.19 Å². The predicted molar refractivity (Wildman–Crippen MR) is 102 cm³/mol. The molecule has 1 aliphatic rings. The van der Waals surface area contributed by atoms with Crippen molar-refractivity contribution in [1.82, 2.24) is 15.0 Å². The molecule has 0 saturated heterocycles. The number of nitrogens with zero attached hydrogens (tertiary/aromatic N) is 3. The number of nitrogens with one attached hydrogen (secondary N) is 1. The van der Waals surface area contributed by atoms with Crippen LogP contribution in [0.15, 0.2) is 22.4 Å². The first kappa shape index (κ1) is 17.2. The average Bonchev–Trinajstić information content (AvgIpc) is 3.32. The molecule has 136 valence electrons. The Kier molecular flexibility index (Phi) is 4.49. The van der Waals surface area contributed by atoms with Crippen LogP contribution in [0, 0.1) is 13.8 Å². The van der Waals surface area contributed by atoms with Crippen molar-refractivity contribution in [3.8, 4) is 5.75 Å². The van der Waals surface area contributed by atoms with Gasteiger partial charge in [0.2, 0.25) is 5.90 Å². The van der Waals surface area contributed by atoms with E-state index in [1.54, 1.807) is 13.3 Å². The van der Waals surface area contributed by atoms with Gasteiger partial charge in [-0.1, -0.05) is 0 Å². The fraction of sp³-hybridized carbons (Fsp3) is 0.353. The van der Waals surface area contributed by atoms with Crippen molar-refractivity contribution in [2.24, 2.45) is 4.99 Å². The van der Waals surface area contributed by atoms with Crippen LogP contribution in [0.1, 0.15) is 21.7 Å². The number of hydrogen-bond acceptors (Lipinski definition) is 7. The van der Waals surface area contributed by atoms with Gasteiger partial charge in [0.25, 0.3) is 0 Å². The zero-order valence-electron chi connectivity index (χ0n) is 14.7. The Morgan fingerprint density at radius 3 is 2.96 bits per heavy atom. The molecule has 9 heteroatoms. The van der Waals surface area contributed by atoms with Crippen molar-refractivity contribution in [2.45, 2.75) is 24.8 Å². The number of thiophene rings is 1. The van der Waals surface area contributed by atoms with Crippen LogP contribution >= 0.6 is 11.3 Å². The number of pyridine rings is 1. The van der Waals surface area contributed by atoms with E-state index in [2.05, 4.69) is 19.9 Å². The molecular formula is C17H18N4O3S2. The maximum atomic E-state index is 12.8. The highest BCUT2D eigenvalue weighted by Gasteiger charge is 2.19. The van der Waals surface area contributed by atoms with Crippen LogP contribution in [0.25, 0.3) is 10.3 Å². The zero-order valence-corrected chi connectivity index (χ0v) is 16.3. The summed E-state index contributed by atoms with van der Waals surface area (Å²) in [5.74, 6) is 1.73. The van der Waals surface area contributed by atoms with Gasteiger partial charge in [-0.05, 0) is 19.9 Å². The Bertz CT molecular complexity index is 1010. The fourth-order valence-electron chi connectivity index (χ4n) is 2.90. The number of aliphatic imine (C=N–C) groups is 1. The van der Waals surface area contributed by atoms with E-state index in [0.717, 1.165) is 37.8 Å². The molecule has 7 nitrogen and oxygen atoms in total. The van der Waals surface area contributed by atoms with Crippen LogP contribution in [0.3, 0.4) is 0 Å². The molecule has 0 fully saturated rings. The molecule has 0 spiro atoms. The number of fused-ring (bicyclic) bond motifs is 1. The third-order valence-electron chi connectivity index (χ3n) is 4.19. The number of H-pyrrole nitrogens is 1. The predicted octanol–water partition coefficient (Wildman–Crippen LogP) is 2.73. The summed E-state index contributed by atoms with van der Waals surface area (Å²) in [6.07, 6.45) is 1.74. The Morgan fingerprint density at radius 2 is 2.27 bits per heavy atom. The van der Waals surface area contributed by atoms with E-state index < -0.39 is 10.8 Å². The highest BCUT2D eigenvalue weighted by molar-refractivity contribution is 7.84. The van der Waals surface area contributed by atoms with Gasteiger partial charge in [-0.25, -0.2) is 9.98 Å². The molecule has 0 amide bonds. The summed E-state index contributed by atoms with van der Waals surface area (Å²) in [4.78, 5) is 18.1. The lowest BCUT2D eigenvalue weighted by molar-refractivity contribution is 0.349. The Morgan fingerprint density at radius 1 is 1.42 bits per heavy atom. The summed E-state index contributed by atoms with van der Waals surface area (Å²) in [7, 11) is 0.311. The normalized spacial score (nSPS) is 15.1. The summed E-state index contributed by atoms with van der Waals surface area (Å²) in [6, 6.07) is 1.94. The molecule has 0 saturated carbocycles. The lowest BCUT2D eigenvalue weighted by atomic mass is 10.1. The van der Waals surface area contributed by atoms with Gasteiger partial charge >= 0.3 is 0 Å². The van der Waals surface area contributed by atoms with Crippen LogP contribution in [0.5, 0.6) is 5.75 Å². The largest absolute Gasteiger partial charge is 0.496 e. The number of rotatable bonds is 5. The standard InChI is InChI=1S/C17H18N4O3S2/c1-9-7-19-12(10(2)14(9)23-3)8-26(22)17-20-11-6-13(25-16(11)21-17)15-18-4-5-24-15/h6-7H,4-5,8H2,1-3H3,(H,20,21). The fourth-order valence-corrected chi connectivity index (χ4v) is 5.00. The van der Waals surface area contributed by atoms with E-state index in [1.165, 1.54) is 11.3 Å². The van der Waals surface area contributed by atoms with E-state index >= 15 is 0 Å². The van der Waals surface area contributed by atoms with E-state index in [9.17, 15) is 4.21 Å². The topological polar surface area (TPSA) is 89.5 Å². The molecule has 4 rings (SSSR count). The maximum Gasteiger partial charge on any atom is 0.226 e. The van der Waals surface area contributed by atoms with E-state index in [0.29, 0.717) is 24.2 Å². The van der Waals surface area contributed by atoms with Crippen molar-refractivity contribution in [3.05, 3.63) is 34.0 Å². The number of aromatic nitrogens is 3. The van der Waals surface area contributed by atoms with E-state index in [1.807, 2.05) is 19.9 Å². The number of ether oxygens (including phenoxy) is 2. The molecule has 0 radical (unpaired) electrons. The molecule has 26 heavy (non-hydrogen) atoms. The van der Waals surface area contributed by atoms with Gasteiger partial charge in [0.15, 0.2) is 5.16 Å². The number of aryl methyl sites for hydroxylation is 1. The van der Waals surface area contributed by atoms with Crippen molar-refractivity contribution in [2.75, 3.05) is 20.3 Å². The van der Waals surface area contributed by atoms with Gasteiger partial charge in [0.05, 0.1) is 46.3 Å². The summed E-state index contributed by atoms with van der Waals surface area (Å²) in [6.45, 7) is 5.18. The van der Waals surface area contributed by atoms with Gasteiger partial charge in [0, 0.05) is 17.3 Å². The maximum absolute atomic E-state index is 12.8. The van der Waals surface area contributed by atoms with E-state index in [-0.39, 0.29) is 5.75 Å². The van der Waals surface area contributed by atoms with Gasteiger partial charge in [0.1, 0.15) is 17.2 Å². The third-order valence-corrected chi connectivity index (χ3v) is 6.36. The monoisotopic (exact) mass is 390 g/mol. The molecule has 0 aromatic carbocycles. The first-order chi connectivity index (χ1) is 12.6. The first-order valence-electron chi connectivity index (χ1n) is 8.11. The second-order valence-electron chi connectivity index (χ2n) is 5.94. The number of aromatic amines is 1. The minimum absolute atomic E-state index is 0.284. The molecule has 3 aromatic heterocycles. The Labute approximate surface area is 157 Å². The zero-order chi connectivity index (χ0) is 18.3. The lowest BCUT2D eigenvalue weighted by Gasteiger charge is -2.11.